The number of nitrogens with one attached hydrogen (secondary N) is 1. The monoisotopic (exact) mass is 211 g/mol. The van der Waals surface area contributed by atoms with Crippen molar-refractivity contribution in [1.29, 1.82) is 0 Å². The molecule has 0 spiro atoms. The zero-order valence-electron chi connectivity index (χ0n) is 8.22. The highest BCUT2D eigenvalue weighted by Crippen LogP contribution is 2.21. The van der Waals surface area contributed by atoms with Gasteiger partial charge in [-0.2, -0.15) is 0 Å². The van der Waals surface area contributed by atoms with E-state index in [1.807, 2.05) is 12.3 Å². The van der Waals surface area contributed by atoms with E-state index in [4.69, 9.17) is 0 Å². The van der Waals surface area contributed by atoms with Gasteiger partial charge in [-0.25, -0.2) is 4.39 Å². The molecule has 1 aromatic rings. The van der Waals surface area contributed by atoms with E-state index in [1.54, 1.807) is 23.9 Å². The highest BCUT2D eigenvalue weighted by atomic mass is 32.2. The molecule has 3 heteroatoms. The van der Waals surface area contributed by atoms with Crippen molar-refractivity contribution < 1.29 is 4.39 Å². The summed E-state index contributed by atoms with van der Waals surface area (Å²) in [5, 5.41) is 3.38. The lowest BCUT2D eigenvalue weighted by atomic mass is 10.2. The first-order valence-corrected chi connectivity index (χ1v) is 6.07. The van der Waals surface area contributed by atoms with E-state index < -0.39 is 0 Å². The molecule has 1 N–H and O–H groups in total. The second-order valence-corrected chi connectivity index (χ2v) is 4.53. The highest BCUT2D eigenvalue weighted by molar-refractivity contribution is 7.98. The number of hydrogen-bond donors (Lipinski definition) is 1. The fourth-order valence-electron chi connectivity index (χ4n) is 1.39. The number of halogens is 1. The molecule has 1 nitrogen and oxygen atoms in total. The van der Waals surface area contributed by atoms with Crippen molar-refractivity contribution in [2.24, 2.45) is 0 Å². The molecule has 0 unspecified atom stereocenters. The van der Waals surface area contributed by atoms with Crippen molar-refractivity contribution in [3.05, 3.63) is 29.6 Å². The van der Waals surface area contributed by atoms with Gasteiger partial charge in [0.25, 0.3) is 0 Å². The van der Waals surface area contributed by atoms with Crippen LogP contribution in [0.2, 0.25) is 0 Å². The third-order valence-corrected chi connectivity index (χ3v) is 3.05. The van der Waals surface area contributed by atoms with E-state index in [0.717, 1.165) is 17.0 Å². The molecule has 0 atom stereocenters. The van der Waals surface area contributed by atoms with Gasteiger partial charge in [-0.3, -0.25) is 0 Å². The maximum Gasteiger partial charge on any atom is 0.124 e. The zero-order valence-corrected chi connectivity index (χ0v) is 9.03. The average Bonchev–Trinajstić information content (AvgIpc) is 2.97. The molecule has 0 saturated heterocycles. The molecule has 0 aliphatic heterocycles. The molecule has 0 bridgehead atoms. The summed E-state index contributed by atoms with van der Waals surface area (Å²) >= 11 is 1.58. The summed E-state index contributed by atoms with van der Waals surface area (Å²) < 4.78 is 13.1. The first-order chi connectivity index (χ1) is 6.78. The molecule has 1 fully saturated rings. The Morgan fingerprint density at radius 3 is 2.86 bits per heavy atom. The van der Waals surface area contributed by atoms with Gasteiger partial charge in [0.15, 0.2) is 0 Å². The van der Waals surface area contributed by atoms with Crippen LogP contribution in [0.3, 0.4) is 0 Å². The summed E-state index contributed by atoms with van der Waals surface area (Å²) in [6.07, 6.45) is 4.50. The lowest BCUT2D eigenvalue weighted by molar-refractivity contribution is 0.615. The van der Waals surface area contributed by atoms with Crippen LogP contribution in [-0.4, -0.2) is 12.3 Å². The Morgan fingerprint density at radius 1 is 1.43 bits per heavy atom. The highest BCUT2D eigenvalue weighted by Gasteiger charge is 2.19. The topological polar surface area (TPSA) is 12.0 Å². The van der Waals surface area contributed by atoms with Crippen LogP contribution in [0.4, 0.5) is 4.39 Å². The van der Waals surface area contributed by atoms with Crippen molar-refractivity contribution in [3.63, 3.8) is 0 Å². The molecular weight excluding hydrogens is 197 g/mol. The van der Waals surface area contributed by atoms with Gasteiger partial charge in [-0.1, -0.05) is 0 Å². The van der Waals surface area contributed by atoms with Crippen molar-refractivity contribution >= 4 is 11.8 Å². The SMILES string of the molecule is CSc1cc(F)cc(CNC2CC2)c1. The van der Waals surface area contributed by atoms with Crippen LogP contribution < -0.4 is 5.32 Å². The zero-order chi connectivity index (χ0) is 9.97. The predicted molar refractivity (Wildman–Crippen MR) is 58.0 cm³/mol. The van der Waals surface area contributed by atoms with Crippen LogP contribution >= 0.6 is 11.8 Å². The molecule has 1 aliphatic rings. The van der Waals surface area contributed by atoms with E-state index in [2.05, 4.69) is 5.32 Å². The molecule has 1 saturated carbocycles. The van der Waals surface area contributed by atoms with Gasteiger partial charge in [-0.05, 0) is 42.9 Å². The van der Waals surface area contributed by atoms with Crippen molar-refractivity contribution in [3.8, 4) is 0 Å². The number of benzene rings is 1. The number of hydrogen-bond acceptors (Lipinski definition) is 2. The molecule has 1 aliphatic carbocycles. The maximum atomic E-state index is 13.1. The first-order valence-electron chi connectivity index (χ1n) is 4.85. The molecule has 0 heterocycles. The quantitative estimate of drug-likeness (QED) is 0.769. The third kappa shape index (κ3) is 2.72. The average molecular weight is 211 g/mol. The van der Waals surface area contributed by atoms with Gasteiger partial charge >= 0.3 is 0 Å². The number of thioether (sulfide) groups is 1. The van der Waals surface area contributed by atoms with E-state index in [-0.39, 0.29) is 5.82 Å². The van der Waals surface area contributed by atoms with E-state index >= 15 is 0 Å². The molecule has 1 aromatic carbocycles. The summed E-state index contributed by atoms with van der Waals surface area (Å²) in [5.41, 5.74) is 1.04. The molecular formula is C11H14FNS. The second-order valence-electron chi connectivity index (χ2n) is 3.65. The Hall–Kier alpha value is -0.540. The Balaban J connectivity index is 2.03. The normalized spacial score (nSPS) is 15.9. The third-order valence-electron chi connectivity index (χ3n) is 2.34. The fraction of sp³-hybridized carbons (Fsp3) is 0.455. The smallest absolute Gasteiger partial charge is 0.124 e. The predicted octanol–water partition coefficient (Wildman–Crippen LogP) is 2.80. The van der Waals surface area contributed by atoms with Gasteiger partial charge < -0.3 is 5.32 Å². The fourth-order valence-corrected chi connectivity index (χ4v) is 1.89. The van der Waals surface area contributed by atoms with Crippen molar-refractivity contribution in [2.75, 3.05) is 6.26 Å². The van der Waals surface area contributed by atoms with Gasteiger partial charge in [0.2, 0.25) is 0 Å². The molecule has 0 radical (unpaired) electrons. The molecule has 0 amide bonds. The Kier molecular flexibility index (Phi) is 3.08. The maximum absolute atomic E-state index is 13.1. The summed E-state index contributed by atoms with van der Waals surface area (Å²) in [4.78, 5) is 0.998. The lowest BCUT2D eigenvalue weighted by Crippen LogP contribution is -2.15. The van der Waals surface area contributed by atoms with Crippen LogP contribution in [0.15, 0.2) is 23.1 Å². The van der Waals surface area contributed by atoms with Crippen molar-refractivity contribution in [1.82, 2.24) is 5.32 Å². The summed E-state index contributed by atoms with van der Waals surface area (Å²) in [5.74, 6) is -0.135. The van der Waals surface area contributed by atoms with Crippen LogP contribution in [0.25, 0.3) is 0 Å². The minimum absolute atomic E-state index is 0.135. The Labute approximate surface area is 88.1 Å². The van der Waals surface area contributed by atoms with Crippen molar-refractivity contribution in [2.45, 2.75) is 30.3 Å². The Morgan fingerprint density at radius 2 is 2.21 bits per heavy atom. The summed E-state index contributed by atoms with van der Waals surface area (Å²) in [6.45, 7) is 0.788. The summed E-state index contributed by atoms with van der Waals surface area (Å²) in [7, 11) is 0. The standard InChI is InChI=1S/C11H14FNS/c1-14-11-5-8(4-9(12)6-11)7-13-10-2-3-10/h4-6,10,13H,2-3,7H2,1H3. The van der Waals surface area contributed by atoms with Crippen LogP contribution in [0.5, 0.6) is 0 Å². The largest absolute Gasteiger partial charge is 0.310 e. The summed E-state index contributed by atoms with van der Waals surface area (Å²) in [6, 6.07) is 5.90. The number of rotatable bonds is 4. The minimum atomic E-state index is -0.135. The van der Waals surface area contributed by atoms with Gasteiger partial charge in [-0.15, -0.1) is 11.8 Å². The van der Waals surface area contributed by atoms with E-state index in [9.17, 15) is 4.39 Å². The minimum Gasteiger partial charge on any atom is -0.310 e. The lowest BCUT2D eigenvalue weighted by Gasteiger charge is -2.05. The molecule has 2 rings (SSSR count). The van der Waals surface area contributed by atoms with Crippen LogP contribution in [0, 0.1) is 5.82 Å². The second kappa shape index (κ2) is 4.32. The Bertz CT molecular complexity index is 323. The first kappa shape index (κ1) is 9.99. The van der Waals surface area contributed by atoms with E-state index in [0.29, 0.717) is 6.04 Å². The van der Waals surface area contributed by atoms with Gasteiger partial charge in [0.05, 0.1) is 0 Å². The molecule has 76 valence electrons. The van der Waals surface area contributed by atoms with Gasteiger partial charge in [0, 0.05) is 17.5 Å². The molecule has 14 heavy (non-hydrogen) atoms. The van der Waals surface area contributed by atoms with E-state index in [1.165, 1.54) is 12.8 Å². The molecule has 0 aromatic heterocycles. The van der Waals surface area contributed by atoms with Crippen LogP contribution in [0.1, 0.15) is 18.4 Å². The van der Waals surface area contributed by atoms with Gasteiger partial charge in [0.1, 0.15) is 5.82 Å². The van der Waals surface area contributed by atoms with Crippen LogP contribution in [-0.2, 0) is 6.54 Å².